The van der Waals surface area contributed by atoms with Gasteiger partial charge in [0.05, 0.1) is 11.7 Å². The lowest BCUT2D eigenvalue weighted by molar-refractivity contribution is -0.203. The minimum atomic E-state index is -0.716. The molecule has 5 unspecified atom stereocenters. The highest BCUT2D eigenvalue weighted by molar-refractivity contribution is 5.12. The van der Waals surface area contributed by atoms with E-state index in [2.05, 4.69) is 20.4 Å². The van der Waals surface area contributed by atoms with Gasteiger partial charge in [-0.15, -0.1) is 0 Å². The van der Waals surface area contributed by atoms with E-state index in [4.69, 9.17) is 0 Å². The first-order valence-electron chi connectivity index (χ1n) is 6.86. The van der Waals surface area contributed by atoms with Gasteiger partial charge in [-0.1, -0.05) is 26.0 Å². The fourth-order valence-corrected chi connectivity index (χ4v) is 3.97. The molecular formula is C15H26O2. The molecule has 0 aromatic rings. The van der Waals surface area contributed by atoms with Crippen molar-refractivity contribution in [3.05, 3.63) is 12.2 Å². The van der Waals surface area contributed by atoms with Crippen molar-refractivity contribution < 1.29 is 10.2 Å². The third-order valence-corrected chi connectivity index (χ3v) is 5.67. The standard InChI is InChI=1S/C15H26O2/c1-10(2)12-5-7-14(4)8-6-13(16)11(3)15(14,17)9-12/h11-13,16-17H,1,5-9H2,2-4H3. The van der Waals surface area contributed by atoms with Crippen LogP contribution in [0, 0.1) is 17.3 Å². The molecule has 0 aromatic heterocycles. The van der Waals surface area contributed by atoms with Crippen LogP contribution in [0.15, 0.2) is 12.2 Å². The van der Waals surface area contributed by atoms with Crippen molar-refractivity contribution in [3.63, 3.8) is 0 Å². The number of fused-ring (bicyclic) bond motifs is 1. The van der Waals surface area contributed by atoms with Crippen LogP contribution in [-0.4, -0.2) is 21.9 Å². The zero-order valence-electron chi connectivity index (χ0n) is 11.4. The minimum Gasteiger partial charge on any atom is -0.393 e. The molecule has 2 nitrogen and oxygen atoms in total. The van der Waals surface area contributed by atoms with Crippen molar-refractivity contribution in [1.29, 1.82) is 0 Å². The highest BCUT2D eigenvalue weighted by atomic mass is 16.3. The second kappa shape index (κ2) is 4.10. The first-order valence-corrected chi connectivity index (χ1v) is 6.86. The molecule has 2 fully saturated rings. The molecule has 0 heterocycles. The van der Waals surface area contributed by atoms with Crippen molar-refractivity contribution in [2.24, 2.45) is 17.3 Å². The molecule has 0 amide bonds. The molecule has 0 aromatic carbocycles. The average molecular weight is 238 g/mol. The lowest BCUT2D eigenvalue weighted by Crippen LogP contribution is -2.61. The Balaban J connectivity index is 2.29. The van der Waals surface area contributed by atoms with Crippen molar-refractivity contribution >= 4 is 0 Å². The van der Waals surface area contributed by atoms with Crippen molar-refractivity contribution in [1.82, 2.24) is 0 Å². The topological polar surface area (TPSA) is 40.5 Å². The van der Waals surface area contributed by atoms with Crippen LogP contribution in [-0.2, 0) is 0 Å². The summed E-state index contributed by atoms with van der Waals surface area (Å²) in [6.07, 6.45) is 4.39. The monoisotopic (exact) mass is 238 g/mol. The maximum atomic E-state index is 11.1. The molecular weight excluding hydrogens is 212 g/mol. The van der Waals surface area contributed by atoms with E-state index < -0.39 is 5.60 Å². The van der Waals surface area contributed by atoms with Gasteiger partial charge in [-0.3, -0.25) is 0 Å². The van der Waals surface area contributed by atoms with Crippen molar-refractivity contribution in [2.75, 3.05) is 0 Å². The fraction of sp³-hybridized carbons (Fsp3) is 0.867. The highest BCUT2D eigenvalue weighted by Gasteiger charge is 2.57. The maximum absolute atomic E-state index is 11.1. The summed E-state index contributed by atoms with van der Waals surface area (Å²) in [5.74, 6) is 0.393. The molecule has 0 aliphatic heterocycles. The molecule has 0 saturated heterocycles. The Kier molecular flexibility index (Phi) is 3.16. The van der Waals surface area contributed by atoms with Gasteiger partial charge in [0.15, 0.2) is 0 Å². The summed E-state index contributed by atoms with van der Waals surface area (Å²) in [5.41, 5.74) is 0.442. The van der Waals surface area contributed by atoms with E-state index in [1.54, 1.807) is 0 Å². The number of hydrogen-bond acceptors (Lipinski definition) is 2. The SMILES string of the molecule is C=C(C)C1CCC2(C)CCC(O)C(C)C2(O)C1. The normalized spacial score (nSPS) is 50.8. The number of aliphatic hydroxyl groups excluding tert-OH is 1. The molecule has 2 heteroatoms. The van der Waals surface area contributed by atoms with E-state index in [1.165, 1.54) is 5.57 Å². The molecule has 0 radical (unpaired) electrons. The predicted octanol–water partition coefficient (Wildman–Crippen LogP) is 2.89. The van der Waals surface area contributed by atoms with E-state index in [0.717, 1.165) is 32.1 Å². The molecule has 2 N–H and O–H groups in total. The molecule has 2 saturated carbocycles. The Bertz CT molecular complexity index is 325. The Hall–Kier alpha value is -0.340. The van der Waals surface area contributed by atoms with Crippen molar-refractivity contribution in [3.8, 4) is 0 Å². The fourth-order valence-electron chi connectivity index (χ4n) is 3.97. The zero-order valence-corrected chi connectivity index (χ0v) is 11.4. The quantitative estimate of drug-likeness (QED) is 0.690. The molecule has 2 rings (SSSR count). The van der Waals surface area contributed by atoms with E-state index in [9.17, 15) is 10.2 Å². The summed E-state index contributed by atoms with van der Waals surface area (Å²) >= 11 is 0. The van der Waals surface area contributed by atoms with Crippen LogP contribution in [0.2, 0.25) is 0 Å². The zero-order chi connectivity index (χ0) is 12.8. The molecule has 98 valence electrons. The Morgan fingerprint density at radius 3 is 2.47 bits per heavy atom. The van der Waals surface area contributed by atoms with Crippen LogP contribution in [0.1, 0.15) is 52.9 Å². The van der Waals surface area contributed by atoms with Gasteiger partial charge >= 0.3 is 0 Å². The number of hydrogen-bond donors (Lipinski definition) is 2. The lowest BCUT2D eigenvalue weighted by Gasteiger charge is -2.58. The second-order valence-corrected chi connectivity index (χ2v) is 6.67. The molecule has 2 aliphatic carbocycles. The summed E-state index contributed by atoms with van der Waals surface area (Å²) in [5, 5.41) is 21.1. The first-order chi connectivity index (χ1) is 7.80. The number of aliphatic hydroxyl groups is 2. The molecule has 2 aliphatic rings. The summed E-state index contributed by atoms with van der Waals surface area (Å²) in [7, 11) is 0. The van der Waals surface area contributed by atoms with Crippen LogP contribution in [0.25, 0.3) is 0 Å². The van der Waals surface area contributed by atoms with E-state index in [1.807, 2.05) is 6.92 Å². The smallest absolute Gasteiger partial charge is 0.0756 e. The summed E-state index contributed by atoms with van der Waals surface area (Å²) in [6.45, 7) is 10.3. The van der Waals surface area contributed by atoms with E-state index in [0.29, 0.717) is 5.92 Å². The Morgan fingerprint density at radius 2 is 1.88 bits per heavy atom. The summed E-state index contributed by atoms with van der Waals surface area (Å²) in [6, 6.07) is 0. The predicted molar refractivity (Wildman–Crippen MR) is 69.6 cm³/mol. The van der Waals surface area contributed by atoms with Crippen LogP contribution in [0.4, 0.5) is 0 Å². The van der Waals surface area contributed by atoms with Crippen LogP contribution in [0.5, 0.6) is 0 Å². The van der Waals surface area contributed by atoms with Gasteiger partial charge in [-0.25, -0.2) is 0 Å². The van der Waals surface area contributed by atoms with Crippen molar-refractivity contribution in [2.45, 2.75) is 64.6 Å². The third-order valence-electron chi connectivity index (χ3n) is 5.67. The number of rotatable bonds is 1. The summed E-state index contributed by atoms with van der Waals surface area (Å²) in [4.78, 5) is 0. The number of allylic oxidation sites excluding steroid dienone is 1. The highest BCUT2D eigenvalue weighted by Crippen LogP contribution is 2.57. The Morgan fingerprint density at radius 1 is 1.29 bits per heavy atom. The first kappa shape index (κ1) is 13.1. The largest absolute Gasteiger partial charge is 0.393 e. The Labute approximate surface area is 105 Å². The van der Waals surface area contributed by atoms with Gasteiger partial charge in [0.2, 0.25) is 0 Å². The lowest BCUT2D eigenvalue weighted by atomic mass is 9.51. The van der Waals surface area contributed by atoms with Crippen LogP contribution in [0.3, 0.4) is 0 Å². The molecule has 17 heavy (non-hydrogen) atoms. The summed E-state index contributed by atoms with van der Waals surface area (Å²) < 4.78 is 0. The van der Waals surface area contributed by atoms with Crippen LogP contribution >= 0.6 is 0 Å². The van der Waals surface area contributed by atoms with Gasteiger partial charge < -0.3 is 10.2 Å². The molecule has 0 spiro atoms. The maximum Gasteiger partial charge on any atom is 0.0756 e. The van der Waals surface area contributed by atoms with E-state index >= 15 is 0 Å². The van der Waals surface area contributed by atoms with Gasteiger partial charge in [-0.05, 0) is 50.4 Å². The van der Waals surface area contributed by atoms with Gasteiger partial charge in [0.25, 0.3) is 0 Å². The molecule has 5 atom stereocenters. The average Bonchev–Trinajstić information content (AvgIpc) is 2.27. The van der Waals surface area contributed by atoms with Gasteiger partial charge in [0.1, 0.15) is 0 Å². The van der Waals surface area contributed by atoms with Crippen LogP contribution < -0.4 is 0 Å². The van der Waals surface area contributed by atoms with E-state index in [-0.39, 0.29) is 17.4 Å². The van der Waals surface area contributed by atoms with Gasteiger partial charge in [-0.2, -0.15) is 0 Å². The second-order valence-electron chi connectivity index (χ2n) is 6.67. The minimum absolute atomic E-state index is 0.0163. The van der Waals surface area contributed by atoms with Gasteiger partial charge in [0, 0.05) is 5.92 Å². The third kappa shape index (κ3) is 1.86. The molecule has 0 bridgehead atoms.